The zero-order chi connectivity index (χ0) is 28.8. The Morgan fingerprint density at radius 3 is 2.71 bits per heavy atom. The van der Waals surface area contributed by atoms with Crippen molar-refractivity contribution in [3.05, 3.63) is 87.4 Å². The molecule has 2 aromatic heterocycles. The summed E-state index contributed by atoms with van der Waals surface area (Å²) in [5, 5.41) is 4.90. The van der Waals surface area contributed by atoms with Crippen molar-refractivity contribution in [3.63, 3.8) is 0 Å². The molecular formula is C30H24F2N4O4S. The van der Waals surface area contributed by atoms with Gasteiger partial charge in [0.15, 0.2) is 11.6 Å². The molecule has 0 saturated carbocycles. The molecular weight excluding hydrogens is 550 g/mol. The summed E-state index contributed by atoms with van der Waals surface area (Å²) in [6, 6.07) is 15.8. The average molecular weight is 575 g/mol. The van der Waals surface area contributed by atoms with Gasteiger partial charge in [-0.25, -0.2) is 8.78 Å². The summed E-state index contributed by atoms with van der Waals surface area (Å²) in [4.78, 5) is 54.1. The van der Waals surface area contributed by atoms with Gasteiger partial charge in [0.2, 0.25) is 5.91 Å². The number of nitrogens with zero attached hydrogens (tertiary/aromatic N) is 3. The predicted octanol–water partition coefficient (Wildman–Crippen LogP) is 4.70. The first-order valence-electron chi connectivity index (χ1n) is 13.0. The zero-order valence-corrected chi connectivity index (χ0v) is 22.7. The molecule has 0 bridgehead atoms. The van der Waals surface area contributed by atoms with Crippen LogP contribution in [0, 0.1) is 5.82 Å². The highest BCUT2D eigenvalue weighted by atomic mass is 32.1. The Hall–Kier alpha value is -4.51. The van der Waals surface area contributed by atoms with Gasteiger partial charge in [-0.3, -0.25) is 23.9 Å². The third kappa shape index (κ3) is 4.97. The lowest BCUT2D eigenvalue weighted by molar-refractivity contribution is -0.138. The molecule has 0 spiro atoms. The number of carbonyl (C=O) groups is 3. The first kappa shape index (κ1) is 26.7. The van der Waals surface area contributed by atoms with Crippen LogP contribution in [0.15, 0.2) is 65.5 Å². The number of hydrogen-bond acceptors (Lipinski definition) is 6. The topological polar surface area (TPSA) is 105 Å². The van der Waals surface area contributed by atoms with Gasteiger partial charge in [-0.15, -0.1) is 0 Å². The highest BCUT2D eigenvalue weighted by Gasteiger charge is 2.40. The molecule has 1 fully saturated rings. The molecule has 0 aliphatic carbocycles. The zero-order valence-electron chi connectivity index (χ0n) is 21.9. The summed E-state index contributed by atoms with van der Waals surface area (Å²) in [5.74, 6) is -1.83. The number of amides is 1. The number of H-pyrrole nitrogens is 1. The maximum absolute atomic E-state index is 15.6. The molecule has 5 aromatic rings. The Morgan fingerprint density at radius 2 is 1.90 bits per heavy atom. The molecule has 1 saturated heterocycles. The number of hydrogen-bond donors (Lipinski definition) is 1. The monoisotopic (exact) mass is 574 g/mol. The first-order chi connectivity index (χ1) is 19.7. The van der Waals surface area contributed by atoms with Crippen LogP contribution in [0.4, 0.5) is 8.78 Å². The standard InChI is InChI=1S/C30H24F2N4O4S/c1-16(37)29-21-6-2-3-8-23(21)36(34-29)15-27(39)35-14-19(31)13-24(35)25(38)12-18-5-4-7-20(28(18)32)17-9-10-26-22(11-17)33-30(40)41-26/h2-11,19,24H,12-15H2,1H3,(H,33,40)/t19-,24+/m1/s1. The van der Waals surface area contributed by atoms with E-state index in [1.165, 1.54) is 22.6 Å². The van der Waals surface area contributed by atoms with Crippen LogP contribution in [0.1, 0.15) is 29.4 Å². The van der Waals surface area contributed by atoms with E-state index in [-0.39, 0.29) is 53.4 Å². The van der Waals surface area contributed by atoms with E-state index < -0.39 is 29.7 Å². The molecule has 11 heteroatoms. The van der Waals surface area contributed by atoms with E-state index in [2.05, 4.69) is 10.1 Å². The van der Waals surface area contributed by atoms with Gasteiger partial charge in [-0.05, 0) is 29.3 Å². The van der Waals surface area contributed by atoms with Crippen LogP contribution in [0.25, 0.3) is 32.2 Å². The third-order valence-corrected chi connectivity index (χ3v) is 8.26. The summed E-state index contributed by atoms with van der Waals surface area (Å²) in [7, 11) is 0. The summed E-state index contributed by atoms with van der Waals surface area (Å²) < 4.78 is 32.3. The number of Topliss-reactive ketones (excluding diaryl/α,β-unsaturated/α-hetero) is 2. The van der Waals surface area contributed by atoms with Crippen molar-refractivity contribution in [2.75, 3.05) is 6.54 Å². The van der Waals surface area contributed by atoms with Crippen molar-refractivity contribution < 1.29 is 23.2 Å². The van der Waals surface area contributed by atoms with Crippen molar-refractivity contribution in [2.45, 2.75) is 38.5 Å². The Kier molecular flexibility index (Phi) is 6.82. The number of aromatic nitrogens is 3. The number of halogens is 2. The van der Waals surface area contributed by atoms with E-state index in [0.29, 0.717) is 22.0 Å². The number of thiazole rings is 1. The van der Waals surface area contributed by atoms with Crippen LogP contribution in [-0.2, 0) is 22.6 Å². The SMILES string of the molecule is CC(=O)c1nn(CC(=O)N2C[C@H](F)C[C@H]2C(=O)Cc2cccc(-c3ccc4sc(=O)[nH]c4c3)c2F)c2ccccc12. The van der Waals surface area contributed by atoms with Crippen molar-refractivity contribution in [3.8, 4) is 11.1 Å². The molecule has 3 aromatic carbocycles. The molecule has 6 rings (SSSR count). The first-order valence-corrected chi connectivity index (χ1v) is 13.8. The van der Waals surface area contributed by atoms with E-state index in [4.69, 9.17) is 0 Å². The Labute approximate surface area is 236 Å². The van der Waals surface area contributed by atoms with Gasteiger partial charge in [0.05, 0.1) is 28.3 Å². The smallest absolute Gasteiger partial charge is 0.305 e. The minimum Gasteiger partial charge on any atom is -0.328 e. The number of likely N-dealkylation sites (tertiary alicyclic amines) is 1. The van der Waals surface area contributed by atoms with E-state index in [1.54, 1.807) is 54.6 Å². The molecule has 1 amide bonds. The highest BCUT2D eigenvalue weighted by Crippen LogP contribution is 2.30. The van der Waals surface area contributed by atoms with Crippen LogP contribution in [0.5, 0.6) is 0 Å². The van der Waals surface area contributed by atoms with Crippen LogP contribution < -0.4 is 4.87 Å². The van der Waals surface area contributed by atoms with Crippen LogP contribution in [0.2, 0.25) is 0 Å². The number of rotatable bonds is 7. The number of ketones is 2. The second kappa shape index (κ2) is 10.5. The maximum atomic E-state index is 15.6. The Bertz CT molecular complexity index is 1910. The molecule has 208 valence electrons. The highest BCUT2D eigenvalue weighted by molar-refractivity contribution is 7.16. The van der Waals surface area contributed by atoms with Crippen LogP contribution in [0.3, 0.4) is 0 Å². The molecule has 0 unspecified atom stereocenters. The lowest BCUT2D eigenvalue weighted by Gasteiger charge is -2.23. The fourth-order valence-corrected chi connectivity index (χ4v) is 6.17. The largest absolute Gasteiger partial charge is 0.328 e. The second-order valence-corrected chi connectivity index (χ2v) is 11.1. The van der Waals surface area contributed by atoms with Crippen molar-refractivity contribution in [1.82, 2.24) is 19.7 Å². The minimum absolute atomic E-state index is 0.130. The number of alkyl halides is 1. The number of benzene rings is 3. The second-order valence-electron chi connectivity index (χ2n) is 10.1. The molecule has 1 aliphatic rings. The van der Waals surface area contributed by atoms with Crippen LogP contribution in [-0.4, -0.2) is 55.9 Å². The van der Waals surface area contributed by atoms with Gasteiger partial charge in [0, 0.05) is 30.7 Å². The molecule has 1 N–H and O–H groups in total. The summed E-state index contributed by atoms with van der Waals surface area (Å²) >= 11 is 1.06. The van der Waals surface area contributed by atoms with E-state index in [9.17, 15) is 23.6 Å². The average Bonchev–Trinajstić information content (AvgIpc) is 3.63. The van der Waals surface area contributed by atoms with Gasteiger partial charge < -0.3 is 9.88 Å². The third-order valence-electron chi connectivity index (χ3n) is 7.39. The van der Waals surface area contributed by atoms with Gasteiger partial charge in [0.25, 0.3) is 0 Å². The quantitative estimate of drug-likeness (QED) is 0.284. The van der Waals surface area contributed by atoms with Gasteiger partial charge >= 0.3 is 4.87 Å². The number of fused-ring (bicyclic) bond motifs is 2. The van der Waals surface area contributed by atoms with E-state index >= 15 is 4.39 Å². The van der Waals surface area contributed by atoms with Crippen molar-refractivity contribution in [2.24, 2.45) is 0 Å². The summed E-state index contributed by atoms with van der Waals surface area (Å²) in [6.45, 7) is 0.857. The van der Waals surface area contributed by atoms with Crippen LogP contribution >= 0.6 is 11.3 Å². The number of carbonyl (C=O) groups excluding carboxylic acids is 3. The maximum Gasteiger partial charge on any atom is 0.305 e. The summed E-state index contributed by atoms with van der Waals surface area (Å²) in [5.41, 5.74) is 2.33. The number of para-hydroxylation sites is 1. The Morgan fingerprint density at radius 1 is 1.10 bits per heavy atom. The fourth-order valence-electron chi connectivity index (χ4n) is 5.46. The van der Waals surface area contributed by atoms with Crippen molar-refractivity contribution >= 4 is 49.9 Å². The normalized spacial score (nSPS) is 17.0. The van der Waals surface area contributed by atoms with E-state index in [1.807, 2.05) is 0 Å². The summed E-state index contributed by atoms with van der Waals surface area (Å²) in [6.07, 6.45) is -1.89. The molecule has 41 heavy (non-hydrogen) atoms. The van der Waals surface area contributed by atoms with Gasteiger partial charge in [-0.1, -0.05) is 53.8 Å². The Balaban J connectivity index is 1.23. The van der Waals surface area contributed by atoms with E-state index in [0.717, 1.165) is 16.0 Å². The molecule has 2 atom stereocenters. The number of nitrogens with one attached hydrogen (secondary N) is 1. The van der Waals surface area contributed by atoms with Crippen molar-refractivity contribution in [1.29, 1.82) is 0 Å². The molecule has 1 aliphatic heterocycles. The minimum atomic E-state index is -1.40. The van der Waals surface area contributed by atoms with Gasteiger partial charge in [0.1, 0.15) is 24.2 Å². The molecule has 3 heterocycles. The number of aromatic amines is 1. The lowest BCUT2D eigenvalue weighted by Crippen LogP contribution is -2.43. The lowest BCUT2D eigenvalue weighted by atomic mass is 9.96. The predicted molar refractivity (Wildman–Crippen MR) is 151 cm³/mol. The van der Waals surface area contributed by atoms with Gasteiger partial charge in [-0.2, -0.15) is 5.10 Å². The molecule has 8 nitrogen and oxygen atoms in total. The molecule has 0 radical (unpaired) electrons. The fraction of sp³-hybridized carbons (Fsp3) is 0.233.